The first kappa shape index (κ1) is 21.4. The van der Waals surface area contributed by atoms with Gasteiger partial charge in [-0.1, -0.05) is 11.6 Å². The Kier molecular flexibility index (Phi) is 7.35. The maximum atomic E-state index is 11.1. The Balaban J connectivity index is 1.59. The maximum Gasteiger partial charge on any atom is 0.321 e. The predicted octanol–water partition coefficient (Wildman–Crippen LogP) is 3.60. The molecule has 9 heteroatoms. The van der Waals surface area contributed by atoms with Crippen LogP contribution in [0.5, 0.6) is 23.0 Å². The van der Waals surface area contributed by atoms with E-state index >= 15 is 0 Å². The number of hydrogen-bond donors (Lipinski definition) is 2. The number of benzene rings is 2. The summed E-state index contributed by atoms with van der Waals surface area (Å²) in [5.74, 6) is 2.00. The molecule has 2 N–H and O–H groups in total. The molecular weight excluding hydrogens is 418 g/mol. The third kappa shape index (κ3) is 5.41. The number of carbonyl (C=O) groups is 1. The highest BCUT2D eigenvalue weighted by Gasteiger charge is 2.31. The van der Waals surface area contributed by atoms with E-state index < -0.39 is 12.0 Å². The van der Waals surface area contributed by atoms with E-state index in [4.69, 9.17) is 35.7 Å². The van der Waals surface area contributed by atoms with E-state index in [0.717, 1.165) is 11.3 Å². The van der Waals surface area contributed by atoms with Crippen molar-refractivity contribution in [1.82, 2.24) is 5.32 Å². The summed E-state index contributed by atoms with van der Waals surface area (Å²) in [7, 11) is 3.14. The van der Waals surface area contributed by atoms with Gasteiger partial charge in [0.05, 0.1) is 24.6 Å². The standard InChI is InChI=1S/C20H22ClNO6S/c1-25-13-3-5-14(6-4-13)27-7-8-28-18-15(21)9-12(10-17(18)26-2)19-22-16(11-29-19)20(23)24/h3-6,9-10,16,19,22H,7-8,11H2,1-2H3,(H,23,24). The molecule has 0 spiro atoms. The Hall–Kier alpha value is -2.29. The molecule has 1 heterocycles. The number of methoxy groups -OCH3 is 2. The molecule has 1 fully saturated rings. The molecule has 29 heavy (non-hydrogen) atoms. The third-order valence-corrected chi connectivity index (χ3v) is 5.84. The van der Waals surface area contributed by atoms with Gasteiger partial charge in [0.15, 0.2) is 11.5 Å². The van der Waals surface area contributed by atoms with E-state index in [1.54, 1.807) is 19.2 Å². The van der Waals surface area contributed by atoms with Crippen LogP contribution in [0.2, 0.25) is 5.02 Å². The van der Waals surface area contributed by atoms with Gasteiger partial charge in [-0.2, -0.15) is 0 Å². The van der Waals surface area contributed by atoms with Crippen molar-refractivity contribution >= 4 is 29.3 Å². The lowest BCUT2D eigenvalue weighted by atomic mass is 10.2. The number of carboxylic acids is 1. The zero-order valence-corrected chi connectivity index (χ0v) is 17.6. The molecule has 0 bridgehead atoms. The lowest BCUT2D eigenvalue weighted by Crippen LogP contribution is -2.33. The number of hydrogen-bond acceptors (Lipinski definition) is 7. The van der Waals surface area contributed by atoms with Gasteiger partial charge in [0.1, 0.15) is 30.8 Å². The zero-order valence-electron chi connectivity index (χ0n) is 16.0. The van der Waals surface area contributed by atoms with Crippen LogP contribution in [0.15, 0.2) is 36.4 Å². The molecule has 2 atom stereocenters. The van der Waals surface area contributed by atoms with Gasteiger partial charge in [-0.15, -0.1) is 11.8 Å². The topological polar surface area (TPSA) is 86.2 Å². The molecule has 2 aromatic rings. The van der Waals surface area contributed by atoms with Crippen LogP contribution in [0.3, 0.4) is 0 Å². The number of nitrogens with one attached hydrogen (secondary N) is 1. The molecule has 156 valence electrons. The van der Waals surface area contributed by atoms with E-state index in [1.165, 1.54) is 18.9 Å². The molecule has 7 nitrogen and oxygen atoms in total. The molecule has 2 aromatic carbocycles. The number of halogens is 1. The number of carboxylic acid groups (broad SMARTS) is 1. The van der Waals surface area contributed by atoms with Gasteiger partial charge < -0.3 is 24.1 Å². The molecule has 0 aliphatic carbocycles. The lowest BCUT2D eigenvalue weighted by Gasteiger charge is -2.17. The smallest absolute Gasteiger partial charge is 0.321 e. The molecular formula is C20H22ClNO6S. The quantitative estimate of drug-likeness (QED) is 0.573. The molecule has 1 aliphatic heterocycles. The molecule has 1 aliphatic rings. The fourth-order valence-electron chi connectivity index (χ4n) is 2.81. The summed E-state index contributed by atoms with van der Waals surface area (Å²) in [5.41, 5.74) is 0.836. The highest BCUT2D eigenvalue weighted by Crippen LogP contribution is 2.41. The van der Waals surface area contributed by atoms with Crippen molar-refractivity contribution in [2.24, 2.45) is 0 Å². The molecule has 0 radical (unpaired) electrons. The molecule has 3 rings (SSSR count). The lowest BCUT2D eigenvalue weighted by molar-refractivity contribution is -0.138. The van der Waals surface area contributed by atoms with Crippen LogP contribution in [0, 0.1) is 0 Å². The molecule has 1 saturated heterocycles. The monoisotopic (exact) mass is 439 g/mol. The van der Waals surface area contributed by atoms with Crippen molar-refractivity contribution in [2.75, 3.05) is 33.2 Å². The Morgan fingerprint density at radius 1 is 1.14 bits per heavy atom. The summed E-state index contributed by atoms with van der Waals surface area (Å²) in [6.07, 6.45) is 0. The second-order valence-electron chi connectivity index (χ2n) is 6.18. The fraction of sp³-hybridized carbons (Fsp3) is 0.350. The number of rotatable bonds is 9. The van der Waals surface area contributed by atoms with Gasteiger partial charge in [0.2, 0.25) is 0 Å². The Labute approximate surface area is 178 Å². The molecule has 0 amide bonds. The molecule has 0 aromatic heterocycles. The summed E-state index contributed by atoms with van der Waals surface area (Å²) in [6, 6.07) is 10.3. The van der Waals surface area contributed by atoms with Gasteiger partial charge in [-0.05, 0) is 42.0 Å². The minimum atomic E-state index is -0.866. The summed E-state index contributed by atoms with van der Waals surface area (Å²) in [6.45, 7) is 0.604. The van der Waals surface area contributed by atoms with Gasteiger partial charge >= 0.3 is 5.97 Å². The summed E-state index contributed by atoms with van der Waals surface area (Å²) >= 11 is 7.92. The fourth-order valence-corrected chi connectivity index (χ4v) is 4.30. The predicted molar refractivity (Wildman–Crippen MR) is 112 cm³/mol. The minimum absolute atomic E-state index is 0.171. The van der Waals surface area contributed by atoms with Crippen molar-refractivity contribution in [3.63, 3.8) is 0 Å². The van der Waals surface area contributed by atoms with E-state index in [2.05, 4.69) is 5.32 Å². The largest absolute Gasteiger partial charge is 0.497 e. The van der Waals surface area contributed by atoms with Crippen LogP contribution in [-0.4, -0.2) is 50.3 Å². The molecule has 2 unspecified atom stereocenters. The summed E-state index contributed by atoms with van der Waals surface area (Å²) < 4.78 is 22.0. The number of thioether (sulfide) groups is 1. The first-order valence-corrected chi connectivity index (χ1v) is 10.3. The highest BCUT2D eigenvalue weighted by atomic mass is 35.5. The van der Waals surface area contributed by atoms with Crippen LogP contribution in [0.1, 0.15) is 10.9 Å². The van der Waals surface area contributed by atoms with Crippen LogP contribution in [-0.2, 0) is 4.79 Å². The highest BCUT2D eigenvalue weighted by molar-refractivity contribution is 7.99. The molecule has 0 saturated carbocycles. The van der Waals surface area contributed by atoms with Gasteiger partial charge in [-0.3, -0.25) is 10.1 Å². The van der Waals surface area contributed by atoms with E-state index in [-0.39, 0.29) is 12.0 Å². The first-order valence-electron chi connectivity index (χ1n) is 8.89. The Morgan fingerprint density at radius 3 is 2.45 bits per heavy atom. The van der Waals surface area contributed by atoms with E-state index in [0.29, 0.717) is 34.6 Å². The Bertz CT molecular complexity index is 848. The zero-order chi connectivity index (χ0) is 20.8. The van der Waals surface area contributed by atoms with Crippen LogP contribution >= 0.6 is 23.4 Å². The van der Waals surface area contributed by atoms with Crippen molar-refractivity contribution in [3.8, 4) is 23.0 Å². The van der Waals surface area contributed by atoms with Crippen molar-refractivity contribution < 1.29 is 28.8 Å². The second kappa shape index (κ2) is 9.96. The first-order chi connectivity index (χ1) is 14.0. The van der Waals surface area contributed by atoms with Crippen molar-refractivity contribution in [1.29, 1.82) is 0 Å². The van der Waals surface area contributed by atoms with Crippen LogP contribution < -0.4 is 24.3 Å². The normalized spacial score (nSPS) is 18.3. The third-order valence-electron chi connectivity index (χ3n) is 4.29. The van der Waals surface area contributed by atoms with Gasteiger partial charge in [0, 0.05) is 5.75 Å². The summed E-state index contributed by atoms with van der Waals surface area (Å²) in [4.78, 5) is 11.1. The van der Waals surface area contributed by atoms with E-state index in [9.17, 15) is 4.79 Å². The summed E-state index contributed by atoms with van der Waals surface area (Å²) in [5, 5.41) is 12.4. The minimum Gasteiger partial charge on any atom is -0.497 e. The van der Waals surface area contributed by atoms with Crippen molar-refractivity contribution in [3.05, 3.63) is 47.0 Å². The van der Waals surface area contributed by atoms with Crippen LogP contribution in [0.25, 0.3) is 0 Å². The van der Waals surface area contributed by atoms with Crippen molar-refractivity contribution in [2.45, 2.75) is 11.4 Å². The average molecular weight is 440 g/mol. The number of ether oxygens (including phenoxy) is 4. The second-order valence-corrected chi connectivity index (χ2v) is 7.72. The van der Waals surface area contributed by atoms with Gasteiger partial charge in [-0.25, -0.2) is 0 Å². The Morgan fingerprint density at radius 2 is 1.83 bits per heavy atom. The number of aliphatic carboxylic acids is 1. The van der Waals surface area contributed by atoms with Crippen LogP contribution in [0.4, 0.5) is 0 Å². The SMILES string of the molecule is COc1ccc(OCCOc2c(Cl)cc(C3NC(C(=O)O)CS3)cc2OC)cc1. The van der Waals surface area contributed by atoms with Gasteiger partial charge in [0.25, 0.3) is 0 Å². The van der Waals surface area contributed by atoms with E-state index in [1.807, 2.05) is 24.3 Å². The maximum absolute atomic E-state index is 11.1. The average Bonchev–Trinajstić information content (AvgIpc) is 3.23.